The first-order valence-electron chi connectivity index (χ1n) is 5.12. The number of benzene rings is 1. The molecule has 15 heavy (non-hydrogen) atoms. The number of likely N-dealkylation sites (N-methyl/N-ethyl adjacent to an activating group) is 1. The van der Waals surface area contributed by atoms with Crippen molar-refractivity contribution in [1.82, 2.24) is 0 Å². The van der Waals surface area contributed by atoms with Gasteiger partial charge in [-0.05, 0) is 32.9 Å². The molecule has 1 aromatic carbocycles. The number of primary amides is 1. The Kier molecular flexibility index (Phi) is 3.35. The second-order valence-electron chi connectivity index (χ2n) is 4.00. The normalized spacial score (nSPS) is 11.1. The molecule has 1 rings (SSSR count). The summed E-state index contributed by atoms with van der Waals surface area (Å²) in [7, 11) is 0. The highest BCUT2D eigenvalue weighted by molar-refractivity contribution is 5.87. The molecular weight excluding hydrogens is 188 g/mol. The van der Waals surface area contributed by atoms with Gasteiger partial charge in [-0.2, -0.15) is 0 Å². The third-order valence-corrected chi connectivity index (χ3v) is 2.66. The topological polar surface area (TPSA) is 46.3 Å². The Balaban J connectivity index is 3.05. The lowest BCUT2D eigenvalue weighted by Gasteiger charge is -2.37. The number of hydrogen-bond donors (Lipinski definition) is 1. The lowest BCUT2D eigenvalue weighted by molar-refractivity contribution is -0.122. The molecule has 0 aliphatic carbocycles. The number of carbonyl (C=O) groups excluding carboxylic acids is 1. The van der Waals surface area contributed by atoms with Crippen LogP contribution < -0.4 is 10.6 Å². The number of carbonyl (C=O) groups is 1. The zero-order valence-electron chi connectivity index (χ0n) is 9.53. The van der Waals surface area contributed by atoms with E-state index >= 15 is 0 Å². The molecule has 0 aliphatic rings. The van der Waals surface area contributed by atoms with Crippen LogP contribution in [0.1, 0.15) is 20.8 Å². The second-order valence-corrected chi connectivity index (χ2v) is 4.00. The Labute approximate surface area is 90.9 Å². The Bertz CT molecular complexity index is 333. The van der Waals surface area contributed by atoms with E-state index in [1.807, 2.05) is 56.0 Å². The van der Waals surface area contributed by atoms with Crippen LogP contribution in [-0.4, -0.2) is 18.0 Å². The standard InChI is InChI=1S/C12H18N2O/c1-4-14(12(2,3)11(13)15)10-8-6-5-7-9-10/h5-9H,4H2,1-3H3,(H2,13,15). The van der Waals surface area contributed by atoms with E-state index in [2.05, 4.69) is 0 Å². The van der Waals surface area contributed by atoms with Crippen LogP contribution in [0.5, 0.6) is 0 Å². The predicted molar refractivity (Wildman–Crippen MR) is 62.7 cm³/mol. The van der Waals surface area contributed by atoms with Crippen LogP contribution in [0.25, 0.3) is 0 Å². The summed E-state index contributed by atoms with van der Waals surface area (Å²) in [4.78, 5) is 13.4. The highest BCUT2D eigenvalue weighted by atomic mass is 16.1. The summed E-state index contributed by atoms with van der Waals surface area (Å²) >= 11 is 0. The van der Waals surface area contributed by atoms with Crippen LogP contribution in [0.2, 0.25) is 0 Å². The molecule has 0 aliphatic heterocycles. The highest BCUT2D eigenvalue weighted by Gasteiger charge is 2.31. The molecule has 0 saturated carbocycles. The molecule has 0 radical (unpaired) electrons. The van der Waals surface area contributed by atoms with Crippen molar-refractivity contribution in [3.8, 4) is 0 Å². The summed E-state index contributed by atoms with van der Waals surface area (Å²) < 4.78 is 0. The quantitative estimate of drug-likeness (QED) is 0.816. The number of hydrogen-bond acceptors (Lipinski definition) is 2. The number of nitrogens with two attached hydrogens (primary N) is 1. The predicted octanol–water partition coefficient (Wildman–Crippen LogP) is 1.78. The molecule has 3 nitrogen and oxygen atoms in total. The summed E-state index contributed by atoms with van der Waals surface area (Å²) in [5, 5.41) is 0. The lowest BCUT2D eigenvalue weighted by Crippen LogP contribution is -2.53. The molecular formula is C12H18N2O. The van der Waals surface area contributed by atoms with E-state index in [9.17, 15) is 4.79 Å². The van der Waals surface area contributed by atoms with Gasteiger partial charge in [0.1, 0.15) is 5.54 Å². The van der Waals surface area contributed by atoms with Gasteiger partial charge in [0.05, 0.1) is 0 Å². The molecule has 0 unspecified atom stereocenters. The Morgan fingerprint density at radius 3 is 2.27 bits per heavy atom. The van der Waals surface area contributed by atoms with Crippen molar-refractivity contribution in [2.75, 3.05) is 11.4 Å². The van der Waals surface area contributed by atoms with Gasteiger partial charge in [0.25, 0.3) is 0 Å². The Hall–Kier alpha value is -1.51. The zero-order chi connectivity index (χ0) is 11.5. The van der Waals surface area contributed by atoms with E-state index in [1.54, 1.807) is 0 Å². The van der Waals surface area contributed by atoms with Gasteiger partial charge in [0, 0.05) is 12.2 Å². The van der Waals surface area contributed by atoms with Crippen molar-refractivity contribution in [1.29, 1.82) is 0 Å². The second kappa shape index (κ2) is 4.34. The third kappa shape index (κ3) is 2.29. The maximum atomic E-state index is 11.4. The van der Waals surface area contributed by atoms with Gasteiger partial charge in [0.2, 0.25) is 5.91 Å². The molecule has 0 heterocycles. The molecule has 0 atom stereocenters. The molecule has 1 amide bonds. The van der Waals surface area contributed by atoms with Gasteiger partial charge < -0.3 is 10.6 Å². The van der Waals surface area contributed by atoms with Gasteiger partial charge in [-0.3, -0.25) is 4.79 Å². The van der Waals surface area contributed by atoms with Crippen LogP contribution in [-0.2, 0) is 4.79 Å². The number of nitrogens with zero attached hydrogens (tertiary/aromatic N) is 1. The van der Waals surface area contributed by atoms with Crippen LogP contribution >= 0.6 is 0 Å². The smallest absolute Gasteiger partial charge is 0.242 e. The van der Waals surface area contributed by atoms with Crippen LogP contribution in [0.15, 0.2) is 30.3 Å². The largest absolute Gasteiger partial charge is 0.368 e. The number of rotatable bonds is 4. The van der Waals surface area contributed by atoms with Gasteiger partial charge in [-0.1, -0.05) is 18.2 Å². The highest BCUT2D eigenvalue weighted by Crippen LogP contribution is 2.22. The average Bonchev–Trinajstić information content (AvgIpc) is 2.19. The first-order valence-corrected chi connectivity index (χ1v) is 5.12. The minimum atomic E-state index is -0.657. The summed E-state index contributed by atoms with van der Waals surface area (Å²) in [6, 6.07) is 9.82. The van der Waals surface area contributed by atoms with E-state index in [0.717, 1.165) is 12.2 Å². The van der Waals surface area contributed by atoms with Crippen LogP contribution in [0.4, 0.5) is 5.69 Å². The SMILES string of the molecule is CCN(c1ccccc1)C(C)(C)C(N)=O. The van der Waals surface area contributed by atoms with Crippen molar-refractivity contribution >= 4 is 11.6 Å². The Morgan fingerprint density at radius 2 is 1.87 bits per heavy atom. The number of anilines is 1. The van der Waals surface area contributed by atoms with E-state index in [1.165, 1.54) is 0 Å². The molecule has 2 N–H and O–H groups in total. The summed E-state index contributed by atoms with van der Waals surface area (Å²) in [5.74, 6) is -0.312. The summed E-state index contributed by atoms with van der Waals surface area (Å²) in [6.45, 7) is 6.44. The van der Waals surface area contributed by atoms with Gasteiger partial charge in [-0.25, -0.2) is 0 Å². The maximum Gasteiger partial charge on any atom is 0.242 e. The van der Waals surface area contributed by atoms with Crippen molar-refractivity contribution in [2.24, 2.45) is 5.73 Å². The maximum absolute atomic E-state index is 11.4. The van der Waals surface area contributed by atoms with E-state index < -0.39 is 5.54 Å². The summed E-state index contributed by atoms with van der Waals surface area (Å²) in [5.41, 5.74) is 5.76. The van der Waals surface area contributed by atoms with E-state index in [0.29, 0.717) is 0 Å². The molecule has 0 fully saturated rings. The zero-order valence-corrected chi connectivity index (χ0v) is 9.53. The number of amides is 1. The van der Waals surface area contributed by atoms with Crippen LogP contribution in [0, 0.1) is 0 Å². The fourth-order valence-electron chi connectivity index (χ4n) is 1.64. The lowest BCUT2D eigenvalue weighted by atomic mass is 10.0. The first-order chi connectivity index (χ1) is 7.00. The molecule has 0 bridgehead atoms. The fourth-order valence-corrected chi connectivity index (χ4v) is 1.64. The monoisotopic (exact) mass is 206 g/mol. The minimum Gasteiger partial charge on any atom is -0.368 e. The van der Waals surface area contributed by atoms with Crippen molar-refractivity contribution < 1.29 is 4.79 Å². The summed E-state index contributed by atoms with van der Waals surface area (Å²) in [6.07, 6.45) is 0. The van der Waals surface area contributed by atoms with Gasteiger partial charge in [-0.15, -0.1) is 0 Å². The fraction of sp³-hybridized carbons (Fsp3) is 0.417. The Morgan fingerprint density at radius 1 is 1.33 bits per heavy atom. The van der Waals surface area contributed by atoms with E-state index in [4.69, 9.17) is 5.73 Å². The van der Waals surface area contributed by atoms with Crippen molar-refractivity contribution in [2.45, 2.75) is 26.3 Å². The number of para-hydroxylation sites is 1. The van der Waals surface area contributed by atoms with Crippen molar-refractivity contribution in [3.63, 3.8) is 0 Å². The molecule has 0 aromatic heterocycles. The molecule has 0 saturated heterocycles. The third-order valence-electron chi connectivity index (χ3n) is 2.66. The molecule has 0 spiro atoms. The molecule has 1 aromatic rings. The first kappa shape index (κ1) is 11.6. The van der Waals surface area contributed by atoms with Crippen molar-refractivity contribution in [3.05, 3.63) is 30.3 Å². The van der Waals surface area contributed by atoms with Gasteiger partial charge >= 0.3 is 0 Å². The van der Waals surface area contributed by atoms with Gasteiger partial charge in [0.15, 0.2) is 0 Å². The molecule has 3 heteroatoms. The average molecular weight is 206 g/mol. The minimum absolute atomic E-state index is 0.312. The van der Waals surface area contributed by atoms with Crippen LogP contribution in [0.3, 0.4) is 0 Å². The molecule has 82 valence electrons. The van der Waals surface area contributed by atoms with E-state index in [-0.39, 0.29) is 5.91 Å².